The van der Waals surface area contributed by atoms with Crippen molar-refractivity contribution in [1.29, 1.82) is 0 Å². The topological polar surface area (TPSA) is 64.3 Å². The van der Waals surface area contributed by atoms with Gasteiger partial charge in [0.1, 0.15) is 6.10 Å². The van der Waals surface area contributed by atoms with Gasteiger partial charge >= 0.3 is 0 Å². The minimum Gasteiger partial charge on any atom is -0.371 e. The van der Waals surface area contributed by atoms with Crippen molar-refractivity contribution in [2.45, 2.75) is 26.4 Å². The van der Waals surface area contributed by atoms with Crippen LogP contribution < -0.4 is 11.1 Å². The van der Waals surface area contributed by atoms with Crippen LogP contribution in [0.1, 0.15) is 16.7 Å². The highest BCUT2D eigenvalue weighted by Crippen LogP contribution is 2.12. The Morgan fingerprint density at radius 2 is 1.95 bits per heavy atom. The van der Waals surface area contributed by atoms with Crippen molar-refractivity contribution in [3.8, 4) is 0 Å². The van der Waals surface area contributed by atoms with E-state index in [1.165, 1.54) is 11.1 Å². The number of hydrogen-bond acceptors (Lipinski definition) is 3. The molecule has 0 aliphatic heterocycles. The summed E-state index contributed by atoms with van der Waals surface area (Å²) in [7, 11) is 1.56. The summed E-state index contributed by atoms with van der Waals surface area (Å²) < 4.78 is 5.29. The molecule has 0 aliphatic carbocycles. The largest absolute Gasteiger partial charge is 0.371 e. The van der Waals surface area contributed by atoms with Gasteiger partial charge in [0.2, 0.25) is 5.91 Å². The molecule has 110 valence electrons. The van der Waals surface area contributed by atoms with Crippen molar-refractivity contribution in [3.05, 3.63) is 47.0 Å². The molecule has 0 spiro atoms. The van der Waals surface area contributed by atoms with E-state index >= 15 is 0 Å². The number of aryl methyl sites for hydroxylation is 2. The molecular formula is C16H24N2O2. The lowest BCUT2D eigenvalue weighted by atomic mass is 10.0. The van der Waals surface area contributed by atoms with Crippen LogP contribution in [0.15, 0.2) is 30.4 Å². The standard InChI is InChI=1S/C16H24N2O2/c1-12-8-13(2)10-14(9-12)11-15(20-3)16(19)18-7-5-4-6-17/h4-5,8-10,15H,6-7,11,17H2,1-3H3,(H,18,19). The molecule has 1 atom stereocenters. The van der Waals surface area contributed by atoms with Gasteiger partial charge in [-0.15, -0.1) is 0 Å². The fourth-order valence-corrected chi connectivity index (χ4v) is 2.14. The molecule has 1 unspecified atom stereocenters. The first kappa shape index (κ1) is 16.4. The van der Waals surface area contributed by atoms with Crippen molar-refractivity contribution in [2.75, 3.05) is 20.2 Å². The average Bonchev–Trinajstić information content (AvgIpc) is 2.39. The van der Waals surface area contributed by atoms with Crippen LogP contribution in [0, 0.1) is 13.8 Å². The fraction of sp³-hybridized carbons (Fsp3) is 0.438. The molecule has 0 saturated carbocycles. The lowest BCUT2D eigenvalue weighted by molar-refractivity contribution is -0.130. The number of nitrogens with one attached hydrogen (secondary N) is 1. The zero-order chi connectivity index (χ0) is 15.0. The highest BCUT2D eigenvalue weighted by molar-refractivity contribution is 5.81. The molecule has 1 aromatic carbocycles. The van der Waals surface area contributed by atoms with Crippen LogP contribution in [0.25, 0.3) is 0 Å². The van der Waals surface area contributed by atoms with Gasteiger partial charge in [-0.25, -0.2) is 0 Å². The van der Waals surface area contributed by atoms with E-state index in [0.717, 1.165) is 5.56 Å². The monoisotopic (exact) mass is 276 g/mol. The van der Waals surface area contributed by atoms with E-state index in [1.54, 1.807) is 7.11 Å². The molecule has 1 rings (SSSR count). The molecule has 20 heavy (non-hydrogen) atoms. The van der Waals surface area contributed by atoms with Gasteiger partial charge in [0.25, 0.3) is 0 Å². The fourth-order valence-electron chi connectivity index (χ4n) is 2.14. The number of rotatable bonds is 7. The predicted octanol–water partition coefficient (Wildman–Crippen LogP) is 1.49. The molecule has 0 saturated heterocycles. The Balaban J connectivity index is 2.61. The van der Waals surface area contributed by atoms with Crippen molar-refractivity contribution in [2.24, 2.45) is 5.73 Å². The molecule has 0 bridgehead atoms. The van der Waals surface area contributed by atoms with Gasteiger partial charge in [0, 0.05) is 26.6 Å². The second kappa shape index (κ2) is 8.51. The Morgan fingerprint density at radius 3 is 2.50 bits per heavy atom. The molecule has 0 fully saturated rings. The maximum absolute atomic E-state index is 12.0. The van der Waals surface area contributed by atoms with Gasteiger partial charge in [0.05, 0.1) is 0 Å². The van der Waals surface area contributed by atoms with Crippen LogP contribution in [0.2, 0.25) is 0 Å². The zero-order valence-corrected chi connectivity index (χ0v) is 12.5. The van der Waals surface area contributed by atoms with E-state index in [2.05, 4.69) is 37.4 Å². The van der Waals surface area contributed by atoms with Crippen molar-refractivity contribution in [1.82, 2.24) is 5.32 Å². The van der Waals surface area contributed by atoms with Crippen LogP contribution in [-0.4, -0.2) is 32.2 Å². The first-order valence-corrected chi connectivity index (χ1v) is 6.79. The quantitative estimate of drug-likeness (QED) is 0.742. The predicted molar refractivity (Wildman–Crippen MR) is 81.6 cm³/mol. The van der Waals surface area contributed by atoms with Gasteiger partial charge < -0.3 is 15.8 Å². The minimum absolute atomic E-state index is 0.103. The summed E-state index contributed by atoms with van der Waals surface area (Å²) in [6.45, 7) is 5.06. The Morgan fingerprint density at radius 1 is 1.30 bits per heavy atom. The summed E-state index contributed by atoms with van der Waals surface area (Å²) in [5.41, 5.74) is 8.84. The molecule has 1 amide bonds. The summed E-state index contributed by atoms with van der Waals surface area (Å²) >= 11 is 0. The van der Waals surface area contributed by atoms with Gasteiger partial charge in [0.15, 0.2) is 0 Å². The lowest BCUT2D eigenvalue weighted by Crippen LogP contribution is -2.37. The van der Waals surface area contributed by atoms with Crippen LogP contribution in [0.4, 0.5) is 0 Å². The molecule has 0 radical (unpaired) electrons. The highest BCUT2D eigenvalue weighted by Gasteiger charge is 2.17. The number of amides is 1. The van der Waals surface area contributed by atoms with Crippen LogP contribution in [-0.2, 0) is 16.0 Å². The average molecular weight is 276 g/mol. The third kappa shape index (κ3) is 5.55. The maximum Gasteiger partial charge on any atom is 0.249 e. The Hall–Kier alpha value is -1.65. The Labute approximate surface area is 121 Å². The third-order valence-corrected chi connectivity index (χ3v) is 2.98. The number of ether oxygens (including phenoxy) is 1. The third-order valence-electron chi connectivity index (χ3n) is 2.98. The van der Waals surface area contributed by atoms with Gasteiger partial charge in [-0.3, -0.25) is 4.79 Å². The SMILES string of the molecule is COC(Cc1cc(C)cc(C)c1)C(=O)NCC=CCN. The van der Waals surface area contributed by atoms with Gasteiger partial charge in [-0.1, -0.05) is 41.5 Å². The second-order valence-electron chi connectivity index (χ2n) is 4.88. The second-order valence-corrected chi connectivity index (χ2v) is 4.88. The summed E-state index contributed by atoms with van der Waals surface area (Å²) in [5.74, 6) is -0.103. The van der Waals surface area contributed by atoms with Crippen molar-refractivity contribution < 1.29 is 9.53 Å². The molecule has 0 aliphatic rings. The smallest absolute Gasteiger partial charge is 0.249 e. The highest BCUT2D eigenvalue weighted by atomic mass is 16.5. The molecule has 3 N–H and O–H groups in total. The van der Waals surface area contributed by atoms with Crippen molar-refractivity contribution in [3.63, 3.8) is 0 Å². The number of nitrogens with two attached hydrogens (primary N) is 1. The van der Waals surface area contributed by atoms with E-state index in [0.29, 0.717) is 19.5 Å². The van der Waals surface area contributed by atoms with E-state index < -0.39 is 6.10 Å². The van der Waals surface area contributed by atoms with E-state index in [4.69, 9.17) is 10.5 Å². The summed E-state index contributed by atoms with van der Waals surface area (Å²) in [6.07, 6.45) is 3.75. The Kier molecular flexibility index (Phi) is 6.98. The molecule has 0 heterocycles. The lowest BCUT2D eigenvalue weighted by Gasteiger charge is -2.15. The number of carbonyl (C=O) groups excluding carboxylic acids is 1. The van der Waals surface area contributed by atoms with E-state index in [-0.39, 0.29) is 5.91 Å². The minimum atomic E-state index is -0.470. The van der Waals surface area contributed by atoms with E-state index in [1.807, 2.05) is 12.2 Å². The first-order valence-electron chi connectivity index (χ1n) is 6.79. The van der Waals surface area contributed by atoms with E-state index in [9.17, 15) is 4.79 Å². The molecule has 4 heteroatoms. The molecular weight excluding hydrogens is 252 g/mol. The van der Waals surface area contributed by atoms with Crippen molar-refractivity contribution >= 4 is 5.91 Å². The zero-order valence-electron chi connectivity index (χ0n) is 12.5. The molecule has 4 nitrogen and oxygen atoms in total. The van der Waals surface area contributed by atoms with Crippen LogP contribution >= 0.6 is 0 Å². The summed E-state index contributed by atoms with van der Waals surface area (Å²) in [5, 5.41) is 2.81. The van der Waals surface area contributed by atoms with Gasteiger partial charge in [-0.2, -0.15) is 0 Å². The number of benzene rings is 1. The number of carbonyl (C=O) groups is 1. The van der Waals surface area contributed by atoms with Crippen LogP contribution in [0.3, 0.4) is 0 Å². The number of methoxy groups -OCH3 is 1. The normalized spacial score (nSPS) is 12.6. The summed E-state index contributed by atoms with van der Waals surface area (Å²) in [6, 6.07) is 6.28. The number of hydrogen-bond donors (Lipinski definition) is 2. The van der Waals surface area contributed by atoms with Crippen LogP contribution in [0.5, 0.6) is 0 Å². The Bertz CT molecular complexity index is 449. The first-order chi connectivity index (χ1) is 9.56. The maximum atomic E-state index is 12.0. The summed E-state index contributed by atoms with van der Waals surface area (Å²) in [4.78, 5) is 12.0. The molecule has 0 aromatic heterocycles. The molecule has 1 aromatic rings. The van der Waals surface area contributed by atoms with Gasteiger partial charge in [-0.05, 0) is 19.4 Å².